The molecule has 3 N–H and O–H groups in total. The molecule has 0 atom stereocenters. The molecule has 0 bridgehead atoms. The second-order valence-electron chi connectivity index (χ2n) is 10.6. The van der Waals surface area contributed by atoms with Crippen molar-refractivity contribution in [3.63, 3.8) is 0 Å². The number of anilines is 3. The van der Waals surface area contributed by atoms with Crippen LogP contribution < -0.4 is 16.0 Å². The van der Waals surface area contributed by atoms with Crippen LogP contribution in [0, 0.1) is 0 Å². The van der Waals surface area contributed by atoms with Crippen molar-refractivity contribution in [1.29, 1.82) is 0 Å². The molecule has 0 heterocycles. The lowest BCUT2D eigenvalue weighted by Crippen LogP contribution is -2.14. The largest absolute Gasteiger partial charge is 0.399 e. The highest BCUT2D eigenvalue weighted by Gasteiger charge is 2.18. The van der Waals surface area contributed by atoms with Gasteiger partial charge in [0.1, 0.15) is 0 Å². The number of nitrogen functional groups attached to an aromatic ring is 1. The van der Waals surface area contributed by atoms with Crippen LogP contribution in [-0.4, -0.2) is 38.5 Å². The maximum Gasteiger partial charge on any atom is 0.163 e. The fourth-order valence-electron chi connectivity index (χ4n) is 5.38. The molecule has 0 spiro atoms. The Balaban J connectivity index is 0.000000136. The van der Waals surface area contributed by atoms with Crippen LogP contribution in [0.1, 0.15) is 86.3 Å². The monoisotopic (exact) mass is 525 g/mol. The Hall–Kier alpha value is -3.93. The maximum atomic E-state index is 11.6. The molecule has 0 saturated heterocycles. The number of nitrogens with two attached hydrogens (primary N) is 1. The van der Waals surface area contributed by atoms with Crippen molar-refractivity contribution in [2.75, 3.05) is 37.1 Å². The first kappa shape index (κ1) is 28.1. The van der Waals surface area contributed by atoms with E-state index in [2.05, 4.69) is 22.3 Å². The van der Waals surface area contributed by atoms with Crippen LogP contribution in [-0.2, 0) is 19.3 Å². The summed E-state index contributed by atoms with van der Waals surface area (Å²) >= 11 is 0. The first-order valence-electron chi connectivity index (χ1n) is 13.9. The molecule has 0 amide bonds. The summed E-state index contributed by atoms with van der Waals surface area (Å²) in [6, 6.07) is 17.6. The molecule has 0 aliphatic heterocycles. The lowest BCUT2D eigenvalue weighted by Gasteiger charge is -2.18. The molecule has 3 aliphatic carbocycles. The van der Waals surface area contributed by atoms with Crippen molar-refractivity contribution in [3.05, 3.63) is 88.0 Å². The van der Waals surface area contributed by atoms with Gasteiger partial charge in [-0.25, -0.2) is 0 Å². The van der Waals surface area contributed by atoms with Crippen LogP contribution in [0.2, 0.25) is 0 Å². The van der Waals surface area contributed by atoms with Gasteiger partial charge in [0.15, 0.2) is 17.3 Å². The van der Waals surface area contributed by atoms with Crippen LogP contribution in [0.15, 0.2) is 54.6 Å². The Morgan fingerprint density at radius 3 is 1.59 bits per heavy atom. The van der Waals surface area contributed by atoms with Gasteiger partial charge >= 0.3 is 0 Å². The summed E-state index contributed by atoms with van der Waals surface area (Å²) in [5.41, 5.74) is 14.9. The molecular formula is C33H39N3O3. The van der Waals surface area contributed by atoms with E-state index in [-0.39, 0.29) is 5.78 Å². The predicted molar refractivity (Wildman–Crippen MR) is 159 cm³/mol. The SMILES string of the molecule is CN(C)c1ccc2c(c1)CCCC2=O.CNc1ccc2c(c1)CCCC2=O.Nc1ccc2c(c1)CCCC2=O. The number of ketones is 3. The number of fused-ring (bicyclic) bond motifs is 3. The third-order valence-corrected chi connectivity index (χ3v) is 7.58. The summed E-state index contributed by atoms with van der Waals surface area (Å²) in [6.45, 7) is 0. The van der Waals surface area contributed by atoms with Gasteiger partial charge in [0.2, 0.25) is 0 Å². The number of carbonyl (C=O) groups excluding carboxylic acids is 3. The highest BCUT2D eigenvalue weighted by molar-refractivity contribution is 6.00. The van der Waals surface area contributed by atoms with Crippen molar-refractivity contribution in [1.82, 2.24) is 0 Å². The fraction of sp³-hybridized carbons (Fsp3) is 0.364. The number of carbonyl (C=O) groups is 3. The minimum atomic E-state index is 0.260. The van der Waals surface area contributed by atoms with E-state index in [4.69, 9.17) is 5.73 Å². The van der Waals surface area contributed by atoms with Crippen molar-refractivity contribution in [2.45, 2.75) is 57.8 Å². The lowest BCUT2D eigenvalue weighted by molar-refractivity contribution is 0.0964. The highest BCUT2D eigenvalue weighted by Crippen LogP contribution is 2.26. The van der Waals surface area contributed by atoms with Crippen LogP contribution >= 0.6 is 0 Å². The Morgan fingerprint density at radius 1 is 0.615 bits per heavy atom. The third-order valence-electron chi connectivity index (χ3n) is 7.58. The van der Waals surface area contributed by atoms with Crippen molar-refractivity contribution >= 4 is 34.4 Å². The summed E-state index contributed by atoms with van der Waals surface area (Å²) in [7, 11) is 5.94. The molecule has 3 aromatic rings. The molecule has 204 valence electrons. The smallest absolute Gasteiger partial charge is 0.163 e. The number of aryl methyl sites for hydroxylation is 3. The zero-order valence-corrected chi connectivity index (χ0v) is 23.3. The summed E-state index contributed by atoms with van der Waals surface area (Å²) in [6.07, 6.45) is 8.17. The summed E-state index contributed by atoms with van der Waals surface area (Å²) in [5.74, 6) is 0.858. The van der Waals surface area contributed by atoms with Gasteiger partial charge in [0, 0.05) is 74.2 Å². The normalized spacial score (nSPS) is 15.4. The van der Waals surface area contributed by atoms with Gasteiger partial charge < -0.3 is 16.0 Å². The maximum absolute atomic E-state index is 11.6. The summed E-state index contributed by atoms with van der Waals surface area (Å²) in [4.78, 5) is 36.4. The zero-order valence-electron chi connectivity index (χ0n) is 23.3. The van der Waals surface area contributed by atoms with E-state index in [1.807, 2.05) is 57.5 Å². The van der Waals surface area contributed by atoms with E-state index in [1.54, 1.807) is 6.07 Å². The van der Waals surface area contributed by atoms with Crippen molar-refractivity contribution in [3.8, 4) is 0 Å². The Bertz CT molecular complexity index is 1380. The summed E-state index contributed by atoms with van der Waals surface area (Å²) < 4.78 is 0. The van der Waals surface area contributed by atoms with E-state index in [0.29, 0.717) is 30.8 Å². The number of benzene rings is 3. The van der Waals surface area contributed by atoms with E-state index in [1.165, 1.54) is 16.8 Å². The third kappa shape index (κ3) is 6.94. The van der Waals surface area contributed by atoms with Gasteiger partial charge in [-0.05, 0) is 110 Å². The minimum absolute atomic E-state index is 0.260. The number of rotatable bonds is 2. The number of hydrogen-bond donors (Lipinski definition) is 2. The molecule has 39 heavy (non-hydrogen) atoms. The molecule has 3 aromatic carbocycles. The Labute approximate surface area is 231 Å². The first-order valence-corrected chi connectivity index (χ1v) is 13.9. The molecule has 0 radical (unpaired) electrons. The average molecular weight is 526 g/mol. The average Bonchev–Trinajstić information content (AvgIpc) is 2.93. The second kappa shape index (κ2) is 12.7. The number of nitrogens with zero attached hydrogens (tertiary/aromatic N) is 1. The van der Waals surface area contributed by atoms with Crippen LogP contribution in [0.3, 0.4) is 0 Å². The Morgan fingerprint density at radius 2 is 1.08 bits per heavy atom. The van der Waals surface area contributed by atoms with Crippen LogP contribution in [0.4, 0.5) is 17.1 Å². The fourth-order valence-corrected chi connectivity index (χ4v) is 5.38. The molecule has 0 saturated carbocycles. The summed E-state index contributed by atoms with van der Waals surface area (Å²) in [5, 5.41) is 3.08. The van der Waals surface area contributed by atoms with Crippen LogP contribution in [0.25, 0.3) is 0 Å². The molecule has 3 aliphatic rings. The minimum Gasteiger partial charge on any atom is -0.399 e. The molecule has 0 fully saturated rings. The predicted octanol–water partition coefficient (Wildman–Crippen LogP) is 6.31. The molecular weight excluding hydrogens is 486 g/mol. The molecule has 0 unspecified atom stereocenters. The quantitative estimate of drug-likeness (QED) is 0.381. The molecule has 6 nitrogen and oxygen atoms in total. The molecule has 6 heteroatoms. The van der Waals surface area contributed by atoms with Gasteiger partial charge in [-0.3, -0.25) is 14.4 Å². The number of Topliss-reactive ketones (excluding diaryl/α,β-unsaturated/α-hetero) is 3. The van der Waals surface area contributed by atoms with Gasteiger partial charge in [-0.1, -0.05) is 0 Å². The first-order chi connectivity index (χ1) is 18.8. The zero-order chi connectivity index (χ0) is 27.9. The standard InChI is InChI=1S/C12H15NO.C11H13NO.C10H11NO/c1-13(2)10-6-7-11-9(8-10)4-3-5-12(11)14;1-12-9-5-6-10-8(7-9)3-2-4-11(10)13;11-8-4-5-9-7(6-8)2-1-3-10(9)12/h6-8H,3-5H2,1-2H3;5-7,12H,2-4H2,1H3;4-6H,1-3,11H2. The van der Waals surface area contributed by atoms with Crippen LogP contribution in [0.5, 0.6) is 0 Å². The molecule has 0 aromatic heterocycles. The number of hydrogen-bond acceptors (Lipinski definition) is 6. The van der Waals surface area contributed by atoms with E-state index >= 15 is 0 Å². The lowest BCUT2D eigenvalue weighted by atomic mass is 9.90. The van der Waals surface area contributed by atoms with Gasteiger partial charge in [-0.15, -0.1) is 0 Å². The van der Waals surface area contributed by atoms with Crippen molar-refractivity contribution < 1.29 is 14.4 Å². The Kier molecular flexibility index (Phi) is 9.18. The van der Waals surface area contributed by atoms with E-state index in [0.717, 1.165) is 72.2 Å². The van der Waals surface area contributed by atoms with Gasteiger partial charge in [-0.2, -0.15) is 0 Å². The van der Waals surface area contributed by atoms with Gasteiger partial charge in [0.05, 0.1) is 0 Å². The number of nitrogens with one attached hydrogen (secondary N) is 1. The second-order valence-corrected chi connectivity index (χ2v) is 10.6. The molecule has 6 rings (SSSR count). The highest BCUT2D eigenvalue weighted by atomic mass is 16.1. The van der Waals surface area contributed by atoms with Crippen molar-refractivity contribution in [2.24, 2.45) is 0 Å². The van der Waals surface area contributed by atoms with E-state index < -0.39 is 0 Å². The van der Waals surface area contributed by atoms with Gasteiger partial charge in [0.25, 0.3) is 0 Å². The van der Waals surface area contributed by atoms with E-state index in [9.17, 15) is 14.4 Å². The topological polar surface area (TPSA) is 92.5 Å².